The zero-order chi connectivity index (χ0) is 17.3. The Labute approximate surface area is 137 Å². The Hall–Kier alpha value is -2.70. The number of aromatic nitrogens is 3. The summed E-state index contributed by atoms with van der Waals surface area (Å²) in [7, 11) is 3.06. The Balaban J connectivity index is 2.22. The van der Waals surface area contributed by atoms with Crippen LogP contribution in [-0.2, 0) is 6.54 Å². The highest BCUT2D eigenvalue weighted by molar-refractivity contribution is 5.83. The number of benzene rings is 1. The van der Waals surface area contributed by atoms with E-state index < -0.39 is 6.43 Å². The molecule has 0 N–H and O–H groups in total. The molecule has 0 aliphatic heterocycles. The number of alkyl halides is 2. The van der Waals surface area contributed by atoms with Crippen LogP contribution in [0.2, 0.25) is 0 Å². The Morgan fingerprint density at radius 1 is 1.12 bits per heavy atom. The van der Waals surface area contributed by atoms with Gasteiger partial charge in [0, 0.05) is 23.1 Å². The Bertz CT molecular complexity index is 878. The maximum absolute atomic E-state index is 13.5. The van der Waals surface area contributed by atoms with Gasteiger partial charge >= 0.3 is 0 Å². The average Bonchev–Trinajstić information content (AvgIpc) is 3.03. The number of pyridine rings is 1. The predicted octanol–water partition coefficient (Wildman–Crippen LogP) is 4.07. The lowest BCUT2D eigenvalue weighted by atomic mass is 10.1. The molecule has 0 saturated carbocycles. The maximum Gasteiger partial charge on any atom is 0.264 e. The minimum atomic E-state index is -2.61. The summed E-state index contributed by atoms with van der Waals surface area (Å²) in [5.41, 5.74) is 1.47. The molecule has 1 aromatic carbocycles. The molecule has 2 aromatic heterocycles. The molecule has 3 aromatic rings. The van der Waals surface area contributed by atoms with Crippen molar-refractivity contribution in [3.05, 3.63) is 36.0 Å². The van der Waals surface area contributed by atoms with Crippen LogP contribution in [0.5, 0.6) is 11.5 Å². The van der Waals surface area contributed by atoms with Crippen molar-refractivity contribution in [3.8, 4) is 22.8 Å². The second-order valence-electron chi connectivity index (χ2n) is 5.16. The van der Waals surface area contributed by atoms with Gasteiger partial charge in [-0.3, -0.25) is 0 Å². The fourth-order valence-electron chi connectivity index (χ4n) is 2.63. The molecule has 2 heterocycles. The summed E-state index contributed by atoms with van der Waals surface area (Å²) in [5.74, 6) is 1.08. The van der Waals surface area contributed by atoms with Gasteiger partial charge in [-0.25, -0.2) is 18.4 Å². The summed E-state index contributed by atoms with van der Waals surface area (Å²) >= 11 is 0. The summed E-state index contributed by atoms with van der Waals surface area (Å²) in [4.78, 5) is 4.52. The molecule has 0 radical (unpaired) electrons. The van der Waals surface area contributed by atoms with Crippen LogP contribution in [0.15, 0.2) is 30.5 Å². The first-order valence-electron chi connectivity index (χ1n) is 7.46. The van der Waals surface area contributed by atoms with Gasteiger partial charge in [-0.15, -0.1) is 0 Å². The summed E-state index contributed by atoms with van der Waals surface area (Å²) in [6.07, 6.45) is -1.17. The van der Waals surface area contributed by atoms with Crippen LogP contribution in [0.1, 0.15) is 18.9 Å². The van der Waals surface area contributed by atoms with Gasteiger partial charge < -0.3 is 9.47 Å². The third-order valence-corrected chi connectivity index (χ3v) is 3.86. The second kappa shape index (κ2) is 6.43. The van der Waals surface area contributed by atoms with Crippen molar-refractivity contribution in [3.63, 3.8) is 0 Å². The van der Waals surface area contributed by atoms with Crippen LogP contribution in [-0.4, -0.2) is 29.0 Å². The van der Waals surface area contributed by atoms with E-state index in [1.165, 1.54) is 26.5 Å². The van der Waals surface area contributed by atoms with Crippen molar-refractivity contribution in [1.82, 2.24) is 14.8 Å². The van der Waals surface area contributed by atoms with Gasteiger partial charge in [0.15, 0.2) is 17.1 Å². The van der Waals surface area contributed by atoms with E-state index in [2.05, 4.69) is 10.1 Å². The molecule has 0 fully saturated rings. The number of nitrogens with zero attached hydrogens (tertiary/aromatic N) is 3. The van der Waals surface area contributed by atoms with E-state index in [0.717, 1.165) is 0 Å². The predicted molar refractivity (Wildman–Crippen MR) is 86.7 cm³/mol. The third-order valence-electron chi connectivity index (χ3n) is 3.86. The number of hydrogen-bond donors (Lipinski definition) is 0. The number of ether oxygens (including phenoxy) is 2. The van der Waals surface area contributed by atoms with Crippen LogP contribution in [0.25, 0.3) is 22.3 Å². The lowest BCUT2D eigenvalue weighted by Crippen LogP contribution is -2.00. The van der Waals surface area contributed by atoms with E-state index in [1.54, 1.807) is 22.9 Å². The summed E-state index contributed by atoms with van der Waals surface area (Å²) in [6, 6.07) is 6.60. The Kier molecular flexibility index (Phi) is 4.33. The molecule has 0 bridgehead atoms. The number of methoxy groups -OCH3 is 2. The molecule has 3 rings (SSSR count). The third kappa shape index (κ3) is 2.66. The molecule has 126 valence electrons. The van der Waals surface area contributed by atoms with Crippen LogP contribution in [0.4, 0.5) is 8.78 Å². The molecule has 0 unspecified atom stereocenters. The summed E-state index contributed by atoms with van der Waals surface area (Å²) in [5, 5.41) is 4.50. The van der Waals surface area contributed by atoms with Crippen molar-refractivity contribution >= 4 is 11.0 Å². The van der Waals surface area contributed by atoms with E-state index in [-0.39, 0.29) is 5.56 Å². The molecular formula is C17H17F2N3O2. The van der Waals surface area contributed by atoms with E-state index in [4.69, 9.17) is 9.47 Å². The normalized spacial score (nSPS) is 11.2. The average molecular weight is 333 g/mol. The van der Waals surface area contributed by atoms with Gasteiger partial charge in [0.05, 0.1) is 26.1 Å². The zero-order valence-corrected chi connectivity index (χ0v) is 13.6. The smallest absolute Gasteiger partial charge is 0.264 e. The first-order chi connectivity index (χ1) is 11.6. The van der Waals surface area contributed by atoms with Gasteiger partial charge in [0.25, 0.3) is 6.43 Å². The molecule has 0 atom stereocenters. The molecule has 5 nitrogen and oxygen atoms in total. The maximum atomic E-state index is 13.5. The van der Waals surface area contributed by atoms with E-state index in [1.807, 2.05) is 6.92 Å². The topological polar surface area (TPSA) is 49.2 Å². The molecule has 7 heteroatoms. The van der Waals surface area contributed by atoms with Gasteiger partial charge in [0.2, 0.25) is 0 Å². The fourth-order valence-corrected chi connectivity index (χ4v) is 2.63. The molecule has 0 saturated heterocycles. The van der Waals surface area contributed by atoms with Crippen LogP contribution >= 0.6 is 0 Å². The Morgan fingerprint density at radius 3 is 2.50 bits per heavy atom. The van der Waals surface area contributed by atoms with Crippen LogP contribution < -0.4 is 9.47 Å². The first kappa shape index (κ1) is 16.2. The summed E-state index contributed by atoms with van der Waals surface area (Å²) in [6.45, 7) is 2.44. The van der Waals surface area contributed by atoms with E-state index in [0.29, 0.717) is 40.3 Å². The lowest BCUT2D eigenvalue weighted by molar-refractivity contribution is 0.153. The van der Waals surface area contributed by atoms with Crippen LogP contribution in [0.3, 0.4) is 0 Å². The minimum absolute atomic E-state index is 0.0792. The number of rotatable bonds is 5. The van der Waals surface area contributed by atoms with E-state index >= 15 is 0 Å². The van der Waals surface area contributed by atoms with Gasteiger partial charge in [0.1, 0.15) is 0 Å². The number of fused-ring (bicyclic) bond motifs is 1. The van der Waals surface area contributed by atoms with Crippen molar-refractivity contribution in [2.24, 2.45) is 0 Å². The van der Waals surface area contributed by atoms with Crippen molar-refractivity contribution in [1.29, 1.82) is 0 Å². The minimum Gasteiger partial charge on any atom is -0.493 e. The molecule has 0 aliphatic carbocycles. The SMILES string of the molecule is CCn1ncc2c(C(F)F)cc(-c3ccc(OC)c(OC)c3)nc21. The molecule has 0 amide bonds. The highest BCUT2D eigenvalue weighted by Crippen LogP contribution is 2.35. The summed E-state index contributed by atoms with van der Waals surface area (Å²) < 4.78 is 39.0. The number of hydrogen-bond acceptors (Lipinski definition) is 4. The number of aryl methyl sites for hydroxylation is 1. The first-order valence-corrected chi connectivity index (χ1v) is 7.46. The van der Waals surface area contributed by atoms with Crippen molar-refractivity contribution in [2.45, 2.75) is 19.9 Å². The monoisotopic (exact) mass is 333 g/mol. The molecular weight excluding hydrogens is 316 g/mol. The lowest BCUT2D eigenvalue weighted by Gasteiger charge is -2.11. The van der Waals surface area contributed by atoms with E-state index in [9.17, 15) is 8.78 Å². The van der Waals surface area contributed by atoms with Gasteiger partial charge in [-0.05, 0) is 31.2 Å². The molecule has 0 spiro atoms. The second-order valence-corrected chi connectivity index (χ2v) is 5.16. The number of halogens is 2. The van der Waals surface area contributed by atoms with Crippen molar-refractivity contribution in [2.75, 3.05) is 14.2 Å². The molecule has 0 aliphatic rings. The quantitative estimate of drug-likeness (QED) is 0.706. The van der Waals surface area contributed by atoms with Gasteiger partial charge in [-0.1, -0.05) is 0 Å². The highest BCUT2D eigenvalue weighted by Gasteiger charge is 2.18. The Morgan fingerprint density at radius 2 is 1.88 bits per heavy atom. The van der Waals surface area contributed by atoms with Gasteiger partial charge in [-0.2, -0.15) is 5.10 Å². The van der Waals surface area contributed by atoms with Crippen LogP contribution in [0, 0.1) is 0 Å². The molecule has 24 heavy (non-hydrogen) atoms. The highest BCUT2D eigenvalue weighted by atomic mass is 19.3. The zero-order valence-electron chi connectivity index (χ0n) is 13.6. The largest absolute Gasteiger partial charge is 0.493 e. The van der Waals surface area contributed by atoms with Crippen molar-refractivity contribution < 1.29 is 18.3 Å². The fraction of sp³-hybridized carbons (Fsp3) is 0.294. The standard InChI is InChI=1S/C17H17F2N3O2/c1-4-22-17-12(9-20-22)11(16(18)19)8-13(21-17)10-5-6-14(23-2)15(7-10)24-3/h5-9,16H,4H2,1-3H3.